The molecule has 21 nitrogen and oxygen atoms in total. The molecule has 0 spiro atoms. The molecule has 8 atom stereocenters. The molecule has 2 saturated carbocycles. The SMILES string of the molecule is CC(=O)C(CCNC(=N)N)(Oc1ccccc1)[C@]([C]=O)(C(=O)[C@@H](N)CC1CCCCC1)N(C(=O)[C@H](C)NC(=O)[C@H](CC(C)C)NC(=O)[C@H](CCCCN)NC(=O)[C@@H](N)CCCCN)C(=O)[C@@H](N)CC1CCCCC1. The molecule has 74 heavy (non-hydrogen) atoms. The van der Waals surface area contributed by atoms with Crippen LogP contribution in [-0.2, 0) is 38.4 Å². The molecule has 0 heterocycles. The number of ketones is 2. The summed E-state index contributed by atoms with van der Waals surface area (Å²) in [6.45, 7) is 6.26. The normalized spacial score (nSPS) is 18.4. The Labute approximate surface area is 438 Å². The van der Waals surface area contributed by atoms with Crippen molar-refractivity contribution in [3.63, 3.8) is 0 Å². The van der Waals surface area contributed by atoms with Crippen molar-refractivity contribution in [2.75, 3.05) is 19.6 Å². The van der Waals surface area contributed by atoms with Crippen LogP contribution in [0.4, 0.5) is 0 Å². The minimum Gasteiger partial charge on any atom is -0.476 e. The van der Waals surface area contributed by atoms with Gasteiger partial charge in [-0.3, -0.25) is 48.7 Å². The quantitative estimate of drug-likeness (QED) is 0.0207. The summed E-state index contributed by atoms with van der Waals surface area (Å²) in [7, 11) is 0. The van der Waals surface area contributed by atoms with Gasteiger partial charge in [-0.05, 0) is 108 Å². The summed E-state index contributed by atoms with van der Waals surface area (Å²) in [6, 6.07) is -0.506. The van der Waals surface area contributed by atoms with Crippen molar-refractivity contribution in [2.45, 2.75) is 204 Å². The van der Waals surface area contributed by atoms with E-state index in [4.69, 9.17) is 44.5 Å². The van der Waals surface area contributed by atoms with Crippen LogP contribution in [-0.4, -0.2) is 125 Å². The number of carbonyl (C=O) groups excluding carboxylic acids is 8. The molecule has 0 aromatic heterocycles. The first-order valence-electron chi connectivity index (χ1n) is 26.9. The number of Topliss-reactive ketones (excluding diaryl/α,β-unsaturated/α-hetero) is 2. The Morgan fingerprint density at radius 3 is 1.76 bits per heavy atom. The highest BCUT2D eigenvalue weighted by molar-refractivity contribution is 6.19. The lowest BCUT2D eigenvalue weighted by Crippen LogP contribution is -2.80. The number of hydrogen-bond acceptors (Lipinski definition) is 15. The average molecular weight is 1040 g/mol. The number of nitrogens with zero attached hydrogens (tertiary/aromatic N) is 1. The van der Waals surface area contributed by atoms with E-state index < -0.39 is 107 Å². The first-order chi connectivity index (χ1) is 35.2. The van der Waals surface area contributed by atoms with E-state index in [1.54, 1.807) is 24.5 Å². The molecule has 1 aromatic rings. The lowest BCUT2D eigenvalue weighted by atomic mass is 9.67. The standard InChI is InChI=1S/C53H89N12O9/c1-34(2)30-44(64-47(70)43(25-15-17-28-55)63-46(69)40(56)24-14-16-27-54)48(71)62-35(3)49(72)65(50(73)42(58)32-38-20-10-6-11-21-38)52(33-66,45(68)41(57)31-37-18-8-5-9-19-37)53(36(4)67,26-29-61-51(59)60)74-39-22-12-7-13-23-39/h7,12-13,22-23,34-35,37-38,40-44H,5-6,8-11,14-21,24-32,54-58H2,1-4H3,(H,62,71)(H,63,69)(H,64,70)(H4,59,60,61)/t35-,40-,41-,42-,43-,44-,52-,53?/m0/s1. The van der Waals surface area contributed by atoms with Crippen molar-refractivity contribution in [3.05, 3.63) is 30.3 Å². The topological polar surface area (TPSA) is 377 Å². The number of ether oxygens (including phenoxy) is 1. The lowest BCUT2D eigenvalue weighted by molar-refractivity contribution is -0.172. The van der Waals surface area contributed by atoms with E-state index >= 15 is 14.4 Å². The largest absolute Gasteiger partial charge is 0.476 e. The molecule has 0 bridgehead atoms. The van der Waals surface area contributed by atoms with Crippen molar-refractivity contribution in [3.8, 4) is 5.75 Å². The van der Waals surface area contributed by atoms with Gasteiger partial charge in [0.15, 0.2) is 17.5 Å². The number of benzene rings is 1. The van der Waals surface area contributed by atoms with Crippen molar-refractivity contribution >= 4 is 53.3 Å². The smallest absolute Gasteiger partial charge is 0.252 e. The van der Waals surface area contributed by atoms with Crippen LogP contribution in [0, 0.1) is 23.2 Å². The average Bonchev–Trinajstić information content (AvgIpc) is 3.37. The number of unbranched alkanes of at least 4 members (excludes halogenated alkanes) is 2. The Morgan fingerprint density at radius 2 is 1.24 bits per heavy atom. The molecule has 0 aliphatic heterocycles. The van der Waals surface area contributed by atoms with Crippen LogP contribution in [0.1, 0.15) is 156 Å². The van der Waals surface area contributed by atoms with Gasteiger partial charge in [-0.15, -0.1) is 0 Å². The van der Waals surface area contributed by atoms with Gasteiger partial charge in [0.1, 0.15) is 23.9 Å². The molecular formula is C53H89N12O9. The maximum absolute atomic E-state index is 15.8. The molecule has 1 unspecified atom stereocenters. The molecule has 2 aliphatic carbocycles. The van der Waals surface area contributed by atoms with E-state index in [1.807, 2.05) is 13.8 Å². The second-order valence-corrected chi connectivity index (χ2v) is 20.9. The van der Waals surface area contributed by atoms with Crippen molar-refractivity contribution in [1.82, 2.24) is 26.2 Å². The summed E-state index contributed by atoms with van der Waals surface area (Å²) in [5.41, 5.74) is 30.8. The van der Waals surface area contributed by atoms with Gasteiger partial charge >= 0.3 is 0 Å². The number of hydrogen-bond donors (Lipinski definition) is 11. The van der Waals surface area contributed by atoms with Crippen LogP contribution in [0.2, 0.25) is 0 Å². The number of nitrogens with two attached hydrogens (primary N) is 6. The Hall–Kier alpha value is -5.35. The van der Waals surface area contributed by atoms with E-state index in [-0.39, 0.29) is 49.2 Å². The third kappa shape index (κ3) is 17.9. The van der Waals surface area contributed by atoms with Crippen molar-refractivity contribution in [1.29, 1.82) is 5.41 Å². The van der Waals surface area contributed by atoms with Gasteiger partial charge in [-0.25, -0.2) is 0 Å². The van der Waals surface area contributed by atoms with Gasteiger partial charge in [0.05, 0.1) is 18.1 Å². The van der Waals surface area contributed by atoms with Crippen LogP contribution in [0.15, 0.2) is 30.3 Å². The molecule has 2 aliphatic rings. The number of imide groups is 1. The summed E-state index contributed by atoms with van der Waals surface area (Å²) in [5, 5.41) is 18.6. The lowest BCUT2D eigenvalue weighted by Gasteiger charge is -2.50. The minimum absolute atomic E-state index is 0.0222. The van der Waals surface area contributed by atoms with E-state index in [2.05, 4.69) is 21.3 Å². The number of rotatable bonds is 33. The number of para-hydroxylation sites is 1. The van der Waals surface area contributed by atoms with Crippen LogP contribution >= 0.6 is 0 Å². The summed E-state index contributed by atoms with van der Waals surface area (Å²) in [5.74, 6) is -7.84. The Bertz CT molecular complexity index is 2000. The third-order valence-corrected chi connectivity index (χ3v) is 14.5. The number of guanidine groups is 1. The summed E-state index contributed by atoms with van der Waals surface area (Å²) < 4.78 is 6.57. The highest BCUT2D eigenvalue weighted by atomic mass is 16.5. The van der Waals surface area contributed by atoms with Gasteiger partial charge in [-0.2, -0.15) is 0 Å². The second-order valence-electron chi connectivity index (χ2n) is 20.9. The van der Waals surface area contributed by atoms with Crippen LogP contribution in [0.3, 0.4) is 0 Å². The summed E-state index contributed by atoms with van der Waals surface area (Å²) in [4.78, 5) is 119. The Balaban J connectivity index is 2.28. The first kappa shape index (κ1) is 62.9. The molecule has 2 fully saturated rings. The second kappa shape index (κ2) is 31.5. The number of nitrogens with one attached hydrogen (secondary N) is 5. The molecular weight excluding hydrogens is 949 g/mol. The van der Waals surface area contributed by atoms with Crippen LogP contribution in [0.5, 0.6) is 5.75 Å². The predicted octanol–water partition coefficient (Wildman–Crippen LogP) is 1.74. The maximum Gasteiger partial charge on any atom is 0.252 e. The predicted molar refractivity (Wildman–Crippen MR) is 283 cm³/mol. The number of carbonyl (C=O) groups is 7. The van der Waals surface area contributed by atoms with E-state index in [9.17, 15) is 24.0 Å². The number of amides is 5. The van der Waals surface area contributed by atoms with E-state index in [1.165, 1.54) is 19.1 Å². The van der Waals surface area contributed by atoms with Crippen LogP contribution < -0.4 is 60.4 Å². The molecule has 17 N–H and O–H groups in total. The maximum atomic E-state index is 15.8. The van der Waals surface area contributed by atoms with Gasteiger partial charge in [0, 0.05) is 13.0 Å². The fraction of sp³-hybridized carbons (Fsp3) is 0.717. The van der Waals surface area contributed by atoms with Crippen molar-refractivity contribution < 1.29 is 43.1 Å². The fourth-order valence-electron chi connectivity index (χ4n) is 10.4. The van der Waals surface area contributed by atoms with E-state index in [0.717, 1.165) is 58.3 Å². The molecule has 1 radical (unpaired) electrons. The van der Waals surface area contributed by atoms with Gasteiger partial charge in [0.2, 0.25) is 41.1 Å². The molecule has 21 heteroatoms. The van der Waals surface area contributed by atoms with Gasteiger partial charge in [0.25, 0.3) is 5.91 Å². The molecule has 0 saturated heterocycles. The summed E-state index contributed by atoms with van der Waals surface area (Å²) >= 11 is 0. The Morgan fingerprint density at radius 1 is 0.716 bits per heavy atom. The van der Waals surface area contributed by atoms with E-state index in [0.29, 0.717) is 62.9 Å². The summed E-state index contributed by atoms with van der Waals surface area (Å²) in [6.07, 6.45) is 12.3. The highest BCUT2D eigenvalue weighted by Gasteiger charge is 2.69. The zero-order valence-electron chi connectivity index (χ0n) is 44.4. The van der Waals surface area contributed by atoms with Crippen molar-refractivity contribution in [2.24, 2.45) is 52.2 Å². The van der Waals surface area contributed by atoms with Gasteiger partial charge in [-0.1, -0.05) is 103 Å². The zero-order chi connectivity index (χ0) is 55.0. The minimum atomic E-state index is -3.32. The molecule has 415 valence electrons. The Kier molecular flexibility index (Phi) is 26.8. The van der Waals surface area contributed by atoms with Gasteiger partial charge < -0.3 is 60.4 Å². The third-order valence-electron chi connectivity index (χ3n) is 14.5. The highest BCUT2D eigenvalue weighted by Crippen LogP contribution is 2.41. The fourth-order valence-corrected chi connectivity index (χ4v) is 10.4. The first-order valence-corrected chi connectivity index (χ1v) is 26.9. The monoisotopic (exact) mass is 1040 g/mol. The zero-order valence-corrected chi connectivity index (χ0v) is 44.4. The molecule has 1 aromatic carbocycles. The van der Waals surface area contributed by atoms with Crippen LogP contribution in [0.25, 0.3) is 0 Å². The molecule has 3 rings (SSSR count). The molecule has 5 amide bonds.